The van der Waals surface area contributed by atoms with Gasteiger partial charge in [0.05, 0.1) is 29.8 Å². The van der Waals surface area contributed by atoms with E-state index in [2.05, 4.69) is 111 Å². The van der Waals surface area contributed by atoms with Crippen molar-refractivity contribution in [3.05, 3.63) is 84.3 Å². The van der Waals surface area contributed by atoms with Crippen LogP contribution in [0.1, 0.15) is 64.3 Å². The van der Waals surface area contributed by atoms with Crippen molar-refractivity contribution < 1.29 is 4.79 Å². The van der Waals surface area contributed by atoms with Gasteiger partial charge < -0.3 is 15.1 Å². The van der Waals surface area contributed by atoms with Crippen LogP contribution in [0.15, 0.2) is 72.9 Å². The molecule has 4 aliphatic carbocycles. The lowest BCUT2D eigenvalue weighted by molar-refractivity contribution is -0.0739. The Bertz CT molecular complexity index is 1860. The number of tetrazole rings is 1. The second-order valence-corrected chi connectivity index (χ2v) is 17.2. The second kappa shape index (κ2) is 13.2. The Labute approximate surface area is 307 Å². The van der Waals surface area contributed by atoms with Gasteiger partial charge >= 0.3 is 6.03 Å². The number of urea groups is 1. The van der Waals surface area contributed by atoms with Crippen LogP contribution in [0.4, 0.5) is 27.7 Å². The summed E-state index contributed by atoms with van der Waals surface area (Å²) in [4.78, 5) is 28.4. The largest absolute Gasteiger partial charge is 0.368 e. The van der Waals surface area contributed by atoms with Crippen LogP contribution in [-0.4, -0.2) is 87.0 Å². The minimum atomic E-state index is 0.0307. The molecule has 2 aromatic heterocycles. The van der Waals surface area contributed by atoms with E-state index in [1.807, 2.05) is 27.9 Å². The fourth-order valence-electron chi connectivity index (χ4n) is 10.6. The van der Waals surface area contributed by atoms with Crippen LogP contribution in [-0.2, 0) is 13.0 Å². The first kappa shape index (κ1) is 33.3. The normalized spacial score (nSPS) is 27.2. The number of para-hydroxylation sites is 2. The number of piperazine rings is 1. The predicted molar refractivity (Wildman–Crippen MR) is 204 cm³/mol. The number of hydrogen-bond acceptors (Lipinski definition) is 8. The smallest absolute Gasteiger partial charge is 0.322 e. The Morgan fingerprint density at radius 1 is 0.846 bits per heavy atom. The third kappa shape index (κ3) is 6.31. The molecule has 2 atom stereocenters. The molecule has 52 heavy (non-hydrogen) atoms. The maximum absolute atomic E-state index is 14.2. The van der Waals surface area contributed by atoms with Crippen molar-refractivity contribution in [3.8, 4) is 0 Å². The van der Waals surface area contributed by atoms with Crippen molar-refractivity contribution in [1.82, 2.24) is 35.4 Å². The zero-order chi connectivity index (χ0) is 35.5. The summed E-state index contributed by atoms with van der Waals surface area (Å²) in [6.07, 6.45) is 8.84. The highest BCUT2D eigenvalue weighted by atomic mass is 16.2. The molecular weight excluding hydrogens is 649 g/mol. The van der Waals surface area contributed by atoms with Crippen molar-refractivity contribution in [1.29, 1.82) is 0 Å². The highest BCUT2D eigenvalue weighted by Crippen LogP contribution is 2.61. The first-order chi connectivity index (χ1) is 25.2. The minimum Gasteiger partial charge on any atom is -0.368 e. The molecule has 5 fully saturated rings. The summed E-state index contributed by atoms with van der Waals surface area (Å²) < 4.78 is 1.99. The third-order valence-corrected chi connectivity index (χ3v) is 12.9. The summed E-state index contributed by atoms with van der Waals surface area (Å²) in [7, 11) is 0. The highest BCUT2D eigenvalue weighted by molar-refractivity contribution is 5.98. The molecule has 2 aromatic carbocycles. The van der Waals surface area contributed by atoms with Gasteiger partial charge in [-0.2, -0.15) is 0 Å². The van der Waals surface area contributed by atoms with Crippen LogP contribution in [0.25, 0.3) is 0 Å². The van der Waals surface area contributed by atoms with E-state index in [4.69, 9.17) is 4.98 Å². The number of carbonyl (C=O) groups excluding carboxylic acids is 1. The molecule has 272 valence electrons. The molecule has 11 heteroatoms. The number of hydrogen-bond donors (Lipinski definition) is 1. The second-order valence-electron chi connectivity index (χ2n) is 17.2. The van der Waals surface area contributed by atoms with Gasteiger partial charge in [0.1, 0.15) is 5.82 Å². The fourth-order valence-corrected chi connectivity index (χ4v) is 10.6. The first-order valence-corrected chi connectivity index (χ1v) is 19.4. The number of pyridine rings is 1. The van der Waals surface area contributed by atoms with Crippen molar-refractivity contribution in [2.75, 3.05) is 54.0 Å². The van der Waals surface area contributed by atoms with Crippen molar-refractivity contribution >= 4 is 28.9 Å². The number of nitrogens with one attached hydrogen (secondary N) is 1. The zero-order valence-corrected chi connectivity index (χ0v) is 30.9. The maximum atomic E-state index is 14.2. The van der Waals surface area contributed by atoms with E-state index >= 15 is 0 Å². The van der Waals surface area contributed by atoms with E-state index in [1.54, 1.807) is 0 Å². The first-order valence-electron chi connectivity index (χ1n) is 19.4. The van der Waals surface area contributed by atoms with Gasteiger partial charge in [-0.1, -0.05) is 42.5 Å². The Hall–Kier alpha value is -4.51. The molecule has 2 amide bonds. The Morgan fingerprint density at radius 2 is 1.58 bits per heavy atom. The van der Waals surface area contributed by atoms with E-state index in [-0.39, 0.29) is 23.0 Å². The molecule has 1 saturated heterocycles. The molecule has 0 spiro atoms. The summed E-state index contributed by atoms with van der Waals surface area (Å²) in [6.45, 7) is 13.0. The van der Waals surface area contributed by atoms with Gasteiger partial charge in [-0.15, -0.1) is 5.10 Å². The molecule has 0 radical (unpaired) electrons. The Kier molecular flexibility index (Phi) is 8.44. The average molecular weight is 701 g/mol. The molecule has 4 aromatic rings. The number of fused-ring (bicyclic) bond motifs is 1. The highest BCUT2D eigenvalue weighted by Gasteiger charge is 2.56. The number of carbonyl (C=O) groups is 1. The third-order valence-electron chi connectivity index (χ3n) is 12.9. The lowest BCUT2D eigenvalue weighted by Crippen LogP contribution is -2.61. The number of anilines is 4. The molecule has 2 unspecified atom stereocenters. The number of amides is 2. The Balaban J connectivity index is 0.861. The predicted octanol–water partition coefficient (Wildman–Crippen LogP) is 6.14. The summed E-state index contributed by atoms with van der Waals surface area (Å²) in [5.41, 5.74) is 4.77. The van der Waals surface area contributed by atoms with Gasteiger partial charge in [-0.3, -0.25) is 9.80 Å². The Morgan fingerprint density at radius 3 is 2.29 bits per heavy atom. The molecule has 4 heterocycles. The average Bonchev–Trinajstić information content (AvgIpc) is 3.57. The SMILES string of the molecule is CC(C)(C)N1CCN(c2ccc(N3CCN(C(=O)NC4C5CC6CC4CC(Cc4nnnn4Cc4ccccc4)(C6)C5)c4ccccc43)nc2)CC1. The van der Waals surface area contributed by atoms with Crippen molar-refractivity contribution in [2.45, 2.75) is 77.4 Å². The molecular formula is C41H52N10O. The molecule has 1 N–H and O–H groups in total. The fraction of sp³-hybridized carbons (Fsp3) is 0.537. The molecule has 4 saturated carbocycles. The van der Waals surface area contributed by atoms with Crippen LogP contribution in [0, 0.1) is 23.2 Å². The molecule has 6 aliphatic rings. The zero-order valence-electron chi connectivity index (χ0n) is 30.9. The summed E-state index contributed by atoms with van der Waals surface area (Å²) >= 11 is 0. The van der Waals surface area contributed by atoms with Gasteiger partial charge in [0.15, 0.2) is 5.82 Å². The van der Waals surface area contributed by atoms with Crippen molar-refractivity contribution in [3.63, 3.8) is 0 Å². The van der Waals surface area contributed by atoms with E-state index in [1.165, 1.54) is 30.5 Å². The number of benzene rings is 2. The summed E-state index contributed by atoms with van der Waals surface area (Å²) in [6, 6.07) is 23.3. The summed E-state index contributed by atoms with van der Waals surface area (Å²) in [5.74, 6) is 3.61. The lowest BCUT2D eigenvalue weighted by Gasteiger charge is -2.60. The number of aromatic nitrogens is 5. The quantitative estimate of drug-likeness (QED) is 0.246. The van der Waals surface area contributed by atoms with Crippen LogP contribution in [0.5, 0.6) is 0 Å². The molecule has 2 aliphatic heterocycles. The molecule has 10 rings (SSSR count). The van der Waals surface area contributed by atoms with Crippen LogP contribution >= 0.6 is 0 Å². The van der Waals surface area contributed by atoms with E-state index in [9.17, 15) is 4.79 Å². The van der Waals surface area contributed by atoms with Gasteiger partial charge in [0, 0.05) is 57.3 Å². The molecule has 4 bridgehead atoms. The van der Waals surface area contributed by atoms with Gasteiger partial charge in [0.25, 0.3) is 0 Å². The minimum absolute atomic E-state index is 0.0307. The van der Waals surface area contributed by atoms with Gasteiger partial charge in [-0.05, 0) is 116 Å². The standard InChI is InChI=1S/C41H52N10O/c1-40(2,3)48-17-15-47(16-18-48)33-13-14-36(42-27-33)49-19-20-50(35-12-8-7-11-34(35)49)39(52)43-38-31-21-30-22-32(38)25-41(23-30,24-31)26-37-44-45-46-51(37)28-29-9-5-4-6-10-29/h4-14,27,30-32,38H,15-26,28H2,1-3H3,(H,43,52). The topological polar surface area (TPSA) is 98.5 Å². The lowest BCUT2D eigenvalue weighted by atomic mass is 9.47. The van der Waals surface area contributed by atoms with E-state index in [0.717, 1.165) is 74.4 Å². The maximum Gasteiger partial charge on any atom is 0.322 e. The summed E-state index contributed by atoms with van der Waals surface area (Å²) in [5, 5.41) is 16.6. The van der Waals surface area contributed by atoms with Crippen molar-refractivity contribution in [2.24, 2.45) is 23.2 Å². The van der Waals surface area contributed by atoms with Gasteiger partial charge in [0.2, 0.25) is 0 Å². The molecule has 11 nitrogen and oxygen atoms in total. The van der Waals surface area contributed by atoms with Crippen LogP contribution in [0.2, 0.25) is 0 Å². The number of nitrogens with zero attached hydrogens (tertiary/aromatic N) is 9. The monoisotopic (exact) mass is 700 g/mol. The van der Waals surface area contributed by atoms with Crippen LogP contribution < -0.4 is 20.0 Å². The van der Waals surface area contributed by atoms with E-state index in [0.29, 0.717) is 31.5 Å². The van der Waals surface area contributed by atoms with E-state index < -0.39 is 0 Å². The van der Waals surface area contributed by atoms with Gasteiger partial charge in [-0.25, -0.2) is 14.5 Å². The van der Waals surface area contributed by atoms with Crippen LogP contribution in [0.3, 0.4) is 0 Å². The number of rotatable bonds is 7.